The third-order valence-corrected chi connectivity index (χ3v) is 4.56. The smallest absolute Gasteiger partial charge is 0.136 e. The third-order valence-electron chi connectivity index (χ3n) is 4.56. The summed E-state index contributed by atoms with van der Waals surface area (Å²) in [5.74, 6) is 0.484. The van der Waals surface area contributed by atoms with E-state index in [1.54, 1.807) is 0 Å². The maximum Gasteiger partial charge on any atom is 0.136 e. The van der Waals surface area contributed by atoms with Gasteiger partial charge in [0.1, 0.15) is 5.78 Å². The number of rotatable bonds is 1. The van der Waals surface area contributed by atoms with E-state index in [-0.39, 0.29) is 0 Å². The van der Waals surface area contributed by atoms with Gasteiger partial charge >= 0.3 is 0 Å². The van der Waals surface area contributed by atoms with Crippen molar-refractivity contribution >= 4 is 5.78 Å². The van der Waals surface area contributed by atoms with Crippen molar-refractivity contribution in [3.8, 4) is 0 Å². The molecular weight excluding hydrogens is 202 g/mol. The molecule has 0 radical (unpaired) electrons. The van der Waals surface area contributed by atoms with Crippen molar-refractivity contribution in [2.45, 2.75) is 69.7 Å². The molecule has 3 saturated heterocycles. The second-order valence-electron chi connectivity index (χ2n) is 5.56. The SMILES string of the molecule is CC1OCCC1N1C2CCCC1CC(=O)C2. The van der Waals surface area contributed by atoms with Crippen LogP contribution in [0.5, 0.6) is 0 Å². The molecule has 0 spiro atoms. The Balaban J connectivity index is 1.80. The summed E-state index contributed by atoms with van der Waals surface area (Å²) in [6, 6.07) is 1.62. The molecule has 3 rings (SSSR count). The van der Waals surface area contributed by atoms with Crippen LogP contribution in [-0.4, -0.2) is 41.5 Å². The largest absolute Gasteiger partial charge is 0.377 e. The number of fused-ring (bicyclic) bond motifs is 2. The predicted molar refractivity (Wildman–Crippen MR) is 61.3 cm³/mol. The standard InChI is InChI=1S/C13H21NO2/c1-9-13(5-6-16-9)14-10-3-2-4-11(14)8-12(15)7-10/h9-11,13H,2-8H2,1H3. The molecule has 3 heterocycles. The minimum Gasteiger partial charge on any atom is -0.377 e. The Labute approximate surface area is 97.1 Å². The molecule has 0 N–H and O–H groups in total. The highest BCUT2D eigenvalue weighted by molar-refractivity contribution is 5.80. The maximum atomic E-state index is 11.7. The van der Waals surface area contributed by atoms with Gasteiger partial charge in [-0.3, -0.25) is 9.69 Å². The molecule has 0 aliphatic carbocycles. The highest BCUT2D eigenvalue weighted by Crippen LogP contribution is 2.37. The minimum atomic E-state index is 0.358. The summed E-state index contributed by atoms with van der Waals surface area (Å²) in [6.45, 7) is 3.08. The maximum absolute atomic E-state index is 11.7. The summed E-state index contributed by atoms with van der Waals surface area (Å²) < 4.78 is 5.68. The van der Waals surface area contributed by atoms with Gasteiger partial charge in [-0.15, -0.1) is 0 Å². The Hall–Kier alpha value is -0.410. The van der Waals surface area contributed by atoms with E-state index >= 15 is 0 Å². The molecule has 3 fully saturated rings. The van der Waals surface area contributed by atoms with Crippen molar-refractivity contribution in [3.05, 3.63) is 0 Å². The van der Waals surface area contributed by atoms with E-state index in [1.165, 1.54) is 19.3 Å². The lowest BCUT2D eigenvalue weighted by molar-refractivity contribution is -0.129. The molecule has 4 atom stereocenters. The Bertz CT molecular complexity index is 276. The first-order valence-electron chi connectivity index (χ1n) is 6.66. The summed E-state index contributed by atoms with van der Waals surface area (Å²) in [5.41, 5.74) is 0. The quantitative estimate of drug-likeness (QED) is 0.678. The molecule has 0 saturated carbocycles. The summed E-state index contributed by atoms with van der Waals surface area (Å²) >= 11 is 0. The van der Waals surface area contributed by atoms with Crippen LogP contribution in [-0.2, 0) is 9.53 Å². The van der Waals surface area contributed by atoms with E-state index in [1.807, 2.05) is 0 Å². The number of ketones is 1. The molecule has 3 aliphatic rings. The molecule has 3 nitrogen and oxygen atoms in total. The van der Waals surface area contributed by atoms with Gasteiger partial charge in [-0.1, -0.05) is 6.42 Å². The van der Waals surface area contributed by atoms with Crippen molar-refractivity contribution in [2.24, 2.45) is 0 Å². The third kappa shape index (κ3) is 1.70. The van der Waals surface area contributed by atoms with Gasteiger partial charge < -0.3 is 4.74 Å². The normalized spacial score (nSPS) is 44.9. The van der Waals surface area contributed by atoms with Crippen LogP contribution in [0.25, 0.3) is 0 Å². The molecular formula is C13H21NO2. The van der Waals surface area contributed by atoms with Crippen LogP contribution in [0.4, 0.5) is 0 Å². The lowest BCUT2D eigenvalue weighted by Crippen LogP contribution is -2.58. The number of nitrogens with zero attached hydrogens (tertiary/aromatic N) is 1. The van der Waals surface area contributed by atoms with E-state index in [0.29, 0.717) is 30.0 Å². The number of ether oxygens (including phenoxy) is 1. The fourth-order valence-electron chi connectivity index (χ4n) is 3.86. The van der Waals surface area contributed by atoms with E-state index in [2.05, 4.69) is 11.8 Å². The number of carbonyl (C=O) groups excluding carboxylic acids is 1. The second-order valence-corrected chi connectivity index (χ2v) is 5.56. The van der Waals surface area contributed by atoms with Gasteiger partial charge in [0.05, 0.1) is 6.10 Å². The summed E-state index contributed by atoms with van der Waals surface area (Å²) in [6.07, 6.45) is 6.83. The average molecular weight is 223 g/mol. The molecule has 90 valence electrons. The van der Waals surface area contributed by atoms with Crippen molar-refractivity contribution in [3.63, 3.8) is 0 Å². The van der Waals surface area contributed by atoms with E-state index in [0.717, 1.165) is 25.9 Å². The van der Waals surface area contributed by atoms with Crippen LogP contribution < -0.4 is 0 Å². The molecule has 16 heavy (non-hydrogen) atoms. The van der Waals surface area contributed by atoms with Crippen molar-refractivity contribution in [1.82, 2.24) is 4.90 Å². The lowest BCUT2D eigenvalue weighted by atomic mass is 9.82. The Morgan fingerprint density at radius 1 is 1.19 bits per heavy atom. The van der Waals surface area contributed by atoms with Crippen molar-refractivity contribution < 1.29 is 9.53 Å². The number of piperidine rings is 2. The summed E-state index contributed by atoms with van der Waals surface area (Å²) in [5, 5.41) is 0. The average Bonchev–Trinajstić information content (AvgIpc) is 2.63. The van der Waals surface area contributed by atoms with Gasteiger partial charge in [0.25, 0.3) is 0 Å². The Morgan fingerprint density at radius 2 is 1.88 bits per heavy atom. The van der Waals surface area contributed by atoms with Gasteiger partial charge in [-0.2, -0.15) is 0 Å². The molecule has 0 aromatic carbocycles. The Morgan fingerprint density at radius 3 is 2.44 bits per heavy atom. The van der Waals surface area contributed by atoms with Gasteiger partial charge in [0.2, 0.25) is 0 Å². The first-order valence-corrected chi connectivity index (χ1v) is 6.66. The first-order chi connectivity index (χ1) is 7.75. The zero-order valence-corrected chi connectivity index (χ0v) is 10.0. The Kier molecular flexibility index (Phi) is 2.76. The fraction of sp³-hybridized carbons (Fsp3) is 0.923. The van der Waals surface area contributed by atoms with E-state index in [4.69, 9.17) is 4.74 Å². The van der Waals surface area contributed by atoms with Crippen molar-refractivity contribution in [2.75, 3.05) is 6.61 Å². The second kappa shape index (κ2) is 4.11. The van der Waals surface area contributed by atoms with Crippen LogP contribution >= 0.6 is 0 Å². The zero-order valence-electron chi connectivity index (χ0n) is 10.0. The molecule has 2 bridgehead atoms. The topological polar surface area (TPSA) is 29.5 Å². The predicted octanol–water partition coefficient (Wildman–Crippen LogP) is 1.75. The first kappa shape index (κ1) is 10.7. The number of carbonyl (C=O) groups is 1. The number of Topliss-reactive ketones (excluding diaryl/α,β-unsaturated/α-hetero) is 1. The van der Waals surface area contributed by atoms with Crippen LogP contribution in [0.1, 0.15) is 45.4 Å². The molecule has 0 aromatic rings. The van der Waals surface area contributed by atoms with Gasteiger partial charge in [0.15, 0.2) is 0 Å². The fourth-order valence-corrected chi connectivity index (χ4v) is 3.86. The molecule has 0 aromatic heterocycles. The summed E-state index contributed by atoms with van der Waals surface area (Å²) in [7, 11) is 0. The molecule has 0 amide bonds. The van der Waals surface area contributed by atoms with E-state index in [9.17, 15) is 4.79 Å². The van der Waals surface area contributed by atoms with Crippen LogP contribution in [0, 0.1) is 0 Å². The minimum absolute atomic E-state index is 0.358. The molecule has 3 heteroatoms. The van der Waals surface area contributed by atoms with Gasteiger partial charge in [0, 0.05) is 37.6 Å². The van der Waals surface area contributed by atoms with Crippen LogP contribution in [0.15, 0.2) is 0 Å². The van der Waals surface area contributed by atoms with Gasteiger partial charge in [-0.05, 0) is 26.2 Å². The van der Waals surface area contributed by atoms with Gasteiger partial charge in [-0.25, -0.2) is 0 Å². The summed E-state index contributed by atoms with van der Waals surface area (Å²) in [4.78, 5) is 14.3. The van der Waals surface area contributed by atoms with Crippen molar-refractivity contribution in [1.29, 1.82) is 0 Å². The lowest BCUT2D eigenvalue weighted by Gasteiger charge is -2.49. The molecule has 3 aliphatic heterocycles. The van der Waals surface area contributed by atoms with Crippen LogP contribution in [0.3, 0.4) is 0 Å². The number of hydrogen-bond donors (Lipinski definition) is 0. The zero-order chi connectivity index (χ0) is 11.1. The van der Waals surface area contributed by atoms with Crippen LogP contribution in [0.2, 0.25) is 0 Å². The highest BCUT2D eigenvalue weighted by atomic mass is 16.5. The molecule has 4 unspecified atom stereocenters. The highest BCUT2D eigenvalue weighted by Gasteiger charge is 2.44. The van der Waals surface area contributed by atoms with E-state index < -0.39 is 0 Å². The monoisotopic (exact) mass is 223 g/mol. The number of hydrogen-bond acceptors (Lipinski definition) is 3.